The Morgan fingerprint density at radius 3 is 2.70 bits per heavy atom. The largest absolute Gasteiger partial charge is 0.492 e. The van der Waals surface area contributed by atoms with Gasteiger partial charge in [0.15, 0.2) is 0 Å². The summed E-state index contributed by atoms with van der Waals surface area (Å²) in [6, 6.07) is 13.5. The van der Waals surface area contributed by atoms with E-state index in [4.69, 9.17) is 4.74 Å². The number of aromatic nitrogens is 4. The Hall–Kier alpha value is -3.75. The molecule has 1 aliphatic rings. The quantitative estimate of drug-likeness (QED) is 0.283. The fraction of sp³-hybridized carbons (Fsp3) is 0.310. The van der Waals surface area contributed by atoms with E-state index in [0.717, 1.165) is 76.8 Å². The Labute approximate surface area is 215 Å². The number of hydrogen-bond acceptors (Lipinski definition) is 5. The molecule has 2 aromatic carbocycles. The third-order valence-corrected chi connectivity index (χ3v) is 7.19. The van der Waals surface area contributed by atoms with Gasteiger partial charge in [-0.1, -0.05) is 6.07 Å². The molecule has 4 heterocycles. The molecule has 0 spiro atoms. The summed E-state index contributed by atoms with van der Waals surface area (Å²) < 4.78 is 20.4. The van der Waals surface area contributed by atoms with E-state index in [1.54, 1.807) is 12.4 Å². The van der Waals surface area contributed by atoms with Crippen molar-refractivity contribution in [1.82, 2.24) is 30.4 Å². The van der Waals surface area contributed by atoms with Crippen molar-refractivity contribution < 1.29 is 9.13 Å². The maximum atomic E-state index is 14.6. The number of pyridine rings is 1. The van der Waals surface area contributed by atoms with Gasteiger partial charge >= 0.3 is 0 Å². The van der Waals surface area contributed by atoms with Gasteiger partial charge < -0.3 is 19.9 Å². The number of hydrogen-bond donors (Lipinski definition) is 3. The second-order valence-corrected chi connectivity index (χ2v) is 10.1. The van der Waals surface area contributed by atoms with E-state index in [2.05, 4.69) is 49.7 Å². The van der Waals surface area contributed by atoms with Gasteiger partial charge in [0, 0.05) is 35.1 Å². The van der Waals surface area contributed by atoms with E-state index in [9.17, 15) is 4.39 Å². The van der Waals surface area contributed by atoms with Crippen LogP contribution in [0.2, 0.25) is 0 Å². The van der Waals surface area contributed by atoms with Crippen molar-refractivity contribution in [2.45, 2.75) is 18.8 Å². The number of benzene rings is 2. The molecule has 7 nitrogen and oxygen atoms in total. The fourth-order valence-corrected chi connectivity index (χ4v) is 5.20. The smallest absolute Gasteiger partial charge is 0.127 e. The first kappa shape index (κ1) is 23.6. The lowest BCUT2D eigenvalue weighted by atomic mass is 9.89. The van der Waals surface area contributed by atoms with Crippen LogP contribution in [0.5, 0.6) is 5.75 Å². The van der Waals surface area contributed by atoms with Crippen LogP contribution in [0.25, 0.3) is 44.3 Å². The predicted octanol–water partition coefficient (Wildman–Crippen LogP) is 5.32. The third kappa shape index (κ3) is 4.82. The zero-order valence-electron chi connectivity index (χ0n) is 21.1. The highest BCUT2D eigenvalue weighted by molar-refractivity contribution is 6.00. The van der Waals surface area contributed by atoms with Crippen LogP contribution in [0.4, 0.5) is 4.39 Å². The number of H-pyrrole nitrogens is 2. The number of fused-ring (bicyclic) bond motifs is 2. The maximum absolute atomic E-state index is 14.6. The zero-order valence-corrected chi connectivity index (χ0v) is 21.1. The minimum Gasteiger partial charge on any atom is -0.492 e. The van der Waals surface area contributed by atoms with E-state index in [0.29, 0.717) is 18.3 Å². The topological polar surface area (TPSA) is 81.9 Å². The van der Waals surface area contributed by atoms with Crippen LogP contribution in [0.1, 0.15) is 24.3 Å². The second-order valence-electron chi connectivity index (χ2n) is 10.1. The first-order chi connectivity index (χ1) is 18.0. The average molecular weight is 499 g/mol. The number of likely N-dealkylation sites (N-methyl/N-ethyl adjacent to an activating group) is 1. The second kappa shape index (κ2) is 9.95. The van der Waals surface area contributed by atoms with Crippen molar-refractivity contribution in [3.8, 4) is 28.3 Å². The first-order valence-corrected chi connectivity index (χ1v) is 12.8. The molecule has 37 heavy (non-hydrogen) atoms. The van der Waals surface area contributed by atoms with Crippen LogP contribution in [0.15, 0.2) is 54.9 Å². The highest BCUT2D eigenvalue weighted by Gasteiger charge is 2.19. The molecule has 0 atom stereocenters. The SMILES string of the molecule is CN(C)CCOc1cc(F)cc(-c2cncc3[nH]c(-c4n[nH]c5ccc(C6CCNCC6)cc45)cc23)c1. The molecule has 1 saturated heterocycles. The molecule has 3 N–H and O–H groups in total. The van der Waals surface area contributed by atoms with E-state index < -0.39 is 0 Å². The van der Waals surface area contributed by atoms with Crippen LogP contribution < -0.4 is 10.1 Å². The number of nitrogens with one attached hydrogen (secondary N) is 3. The summed E-state index contributed by atoms with van der Waals surface area (Å²) in [4.78, 5) is 9.95. The van der Waals surface area contributed by atoms with Crippen molar-refractivity contribution >= 4 is 21.8 Å². The number of piperidine rings is 1. The molecule has 0 bridgehead atoms. The van der Waals surface area contributed by atoms with Crippen molar-refractivity contribution in [2.75, 3.05) is 40.3 Å². The summed E-state index contributed by atoms with van der Waals surface area (Å²) in [5.74, 6) is 0.733. The van der Waals surface area contributed by atoms with Gasteiger partial charge in [0.1, 0.15) is 23.9 Å². The predicted molar refractivity (Wildman–Crippen MR) is 145 cm³/mol. The Morgan fingerprint density at radius 2 is 1.86 bits per heavy atom. The maximum Gasteiger partial charge on any atom is 0.127 e. The summed E-state index contributed by atoms with van der Waals surface area (Å²) in [7, 11) is 3.96. The monoisotopic (exact) mass is 498 g/mol. The van der Waals surface area contributed by atoms with Gasteiger partial charge in [0.2, 0.25) is 0 Å². The fourth-order valence-electron chi connectivity index (χ4n) is 5.20. The summed E-state index contributed by atoms with van der Waals surface area (Å²) in [6.45, 7) is 3.35. The minimum absolute atomic E-state index is 0.339. The van der Waals surface area contributed by atoms with E-state index >= 15 is 0 Å². The summed E-state index contributed by atoms with van der Waals surface area (Å²) in [6.07, 6.45) is 5.87. The van der Waals surface area contributed by atoms with Gasteiger partial charge in [0.05, 0.1) is 22.9 Å². The molecular weight excluding hydrogens is 467 g/mol. The summed E-state index contributed by atoms with van der Waals surface area (Å²) in [5.41, 5.74) is 6.58. The number of rotatable bonds is 7. The number of halogens is 1. The molecule has 6 rings (SSSR count). The summed E-state index contributed by atoms with van der Waals surface area (Å²) >= 11 is 0. The number of aromatic amines is 2. The lowest BCUT2D eigenvalue weighted by molar-refractivity contribution is 0.260. The Morgan fingerprint density at radius 1 is 1.00 bits per heavy atom. The standard InChI is InChI=1S/C29H31FN6O/c1-36(2)9-10-37-22-12-20(11-21(30)14-22)25-16-32-17-28-23(25)15-27(33-28)29-24-13-19(3-4-26(24)34-35-29)18-5-7-31-8-6-18/h3-4,11-18,31,33H,5-10H2,1-2H3,(H,34,35). The molecule has 0 radical (unpaired) electrons. The highest BCUT2D eigenvalue weighted by Crippen LogP contribution is 2.36. The highest BCUT2D eigenvalue weighted by atomic mass is 19.1. The average Bonchev–Trinajstić information content (AvgIpc) is 3.52. The number of nitrogens with zero attached hydrogens (tertiary/aromatic N) is 3. The van der Waals surface area contributed by atoms with E-state index in [-0.39, 0.29) is 5.82 Å². The van der Waals surface area contributed by atoms with Crippen LogP contribution in [0, 0.1) is 5.82 Å². The zero-order chi connectivity index (χ0) is 25.4. The normalized spacial score (nSPS) is 14.7. The van der Waals surface area contributed by atoms with Crippen LogP contribution in [-0.2, 0) is 0 Å². The molecular formula is C29H31FN6O. The van der Waals surface area contributed by atoms with E-state index in [1.807, 2.05) is 25.1 Å². The summed E-state index contributed by atoms with van der Waals surface area (Å²) in [5, 5.41) is 13.3. The van der Waals surface area contributed by atoms with Crippen LogP contribution >= 0.6 is 0 Å². The van der Waals surface area contributed by atoms with Gasteiger partial charge in [-0.05, 0) is 87.4 Å². The molecule has 0 saturated carbocycles. The van der Waals surface area contributed by atoms with Crippen molar-refractivity contribution in [3.63, 3.8) is 0 Å². The molecule has 190 valence electrons. The van der Waals surface area contributed by atoms with Gasteiger partial charge in [-0.25, -0.2) is 4.39 Å². The Balaban J connectivity index is 1.37. The number of ether oxygens (including phenoxy) is 1. The molecule has 0 aliphatic carbocycles. The van der Waals surface area contributed by atoms with Gasteiger partial charge in [-0.3, -0.25) is 10.1 Å². The minimum atomic E-state index is -0.339. The van der Waals surface area contributed by atoms with Gasteiger partial charge in [-0.2, -0.15) is 5.10 Å². The molecule has 5 aromatic rings. The Kier molecular flexibility index (Phi) is 6.36. The van der Waals surface area contributed by atoms with Gasteiger partial charge in [-0.15, -0.1) is 0 Å². The van der Waals surface area contributed by atoms with Gasteiger partial charge in [0.25, 0.3) is 0 Å². The molecule has 3 aromatic heterocycles. The van der Waals surface area contributed by atoms with Crippen LogP contribution in [-0.4, -0.2) is 65.4 Å². The van der Waals surface area contributed by atoms with Crippen LogP contribution in [0.3, 0.4) is 0 Å². The lowest BCUT2D eigenvalue weighted by Gasteiger charge is -2.23. The lowest BCUT2D eigenvalue weighted by Crippen LogP contribution is -2.26. The Bertz CT molecular complexity index is 1550. The van der Waals surface area contributed by atoms with Crippen molar-refractivity contribution in [2.24, 2.45) is 0 Å². The molecule has 1 aliphatic heterocycles. The molecule has 0 unspecified atom stereocenters. The van der Waals surface area contributed by atoms with Crippen molar-refractivity contribution in [3.05, 3.63) is 66.2 Å². The molecule has 8 heteroatoms. The van der Waals surface area contributed by atoms with E-state index in [1.165, 1.54) is 17.7 Å². The van der Waals surface area contributed by atoms with Crippen molar-refractivity contribution in [1.29, 1.82) is 0 Å². The first-order valence-electron chi connectivity index (χ1n) is 12.8. The molecule has 0 amide bonds. The third-order valence-electron chi connectivity index (χ3n) is 7.19. The molecule has 1 fully saturated rings.